The molecule has 0 aliphatic carbocycles. The van der Waals surface area contributed by atoms with Crippen LogP contribution in [0.1, 0.15) is 26.7 Å². The molecule has 0 bridgehead atoms. The zero-order chi connectivity index (χ0) is 13.6. The van der Waals surface area contributed by atoms with Crippen LogP contribution >= 0.6 is 0 Å². The van der Waals surface area contributed by atoms with Crippen LogP contribution in [0.15, 0.2) is 23.3 Å². The molecule has 1 heterocycles. The van der Waals surface area contributed by atoms with E-state index in [0.717, 1.165) is 0 Å². The maximum Gasteiger partial charge on any atom is 0.347 e. The number of amides is 1. The van der Waals surface area contributed by atoms with E-state index in [1.807, 2.05) is 13.8 Å². The number of nitrogens with one attached hydrogen (secondary N) is 1. The van der Waals surface area contributed by atoms with E-state index in [0.29, 0.717) is 12.8 Å². The zero-order valence-electron chi connectivity index (χ0n) is 10.7. The Morgan fingerprint density at radius 2 is 2.17 bits per heavy atom. The molecule has 100 valence electrons. The number of hydrogen-bond donors (Lipinski definition) is 2. The van der Waals surface area contributed by atoms with Crippen molar-refractivity contribution in [2.75, 3.05) is 6.54 Å². The molecule has 1 rings (SSSR count). The molecule has 2 N–H and O–H groups in total. The van der Waals surface area contributed by atoms with E-state index in [9.17, 15) is 14.7 Å². The molecule has 0 atom stereocenters. The van der Waals surface area contributed by atoms with Crippen molar-refractivity contribution >= 4 is 5.91 Å². The van der Waals surface area contributed by atoms with E-state index in [4.69, 9.17) is 0 Å². The lowest BCUT2D eigenvalue weighted by molar-refractivity contribution is -0.123. The summed E-state index contributed by atoms with van der Waals surface area (Å²) in [6, 6.07) is 1.59. The molecule has 0 radical (unpaired) electrons. The summed E-state index contributed by atoms with van der Waals surface area (Å²) < 4.78 is 1.21. The molecule has 0 saturated carbocycles. The summed E-state index contributed by atoms with van der Waals surface area (Å²) in [6.07, 6.45) is 4.01. The standard InChI is InChI=1S/C12H19N3O3/c1-3-12(18,4-2)9-14-10(16)8-15-7-5-6-13-11(15)17/h5-7,18H,3-4,8-9H2,1-2H3,(H,14,16). The van der Waals surface area contributed by atoms with Gasteiger partial charge in [0.25, 0.3) is 0 Å². The van der Waals surface area contributed by atoms with Crippen LogP contribution in [-0.4, -0.2) is 32.7 Å². The maximum atomic E-state index is 11.6. The van der Waals surface area contributed by atoms with Gasteiger partial charge in [0.1, 0.15) is 6.54 Å². The van der Waals surface area contributed by atoms with Crippen LogP contribution in [0.4, 0.5) is 0 Å². The van der Waals surface area contributed by atoms with Gasteiger partial charge in [0.2, 0.25) is 5.91 Å². The minimum Gasteiger partial charge on any atom is -0.388 e. The fraction of sp³-hybridized carbons (Fsp3) is 0.583. The van der Waals surface area contributed by atoms with E-state index in [1.165, 1.54) is 17.0 Å². The lowest BCUT2D eigenvalue weighted by Crippen LogP contribution is -2.43. The van der Waals surface area contributed by atoms with Crippen LogP contribution in [0.2, 0.25) is 0 Å². The van der Waals surface area contributed by atoms with Crippen LogP contribution in [0.25, 0.3) is 0 Å². The second-order valence-electron chi connectivity index (χ2n) is 4.24. The van der Waals surface area contributed by atoms with Gasteiger partial charge in [-0.15, -0.1) is 0 Å². The topological polar surface area (TPSA) is 84.2 Å². The number of hydrogen-bond acceptors (Lipinski definition) is 4. The summed E-state index contributed by atoms with van der Waals surface area (Å²) in [5.74, 6) is -0.314. The summed E-state index contributed by atoms with van der Waals surface area (Å²) in [6.45, 7) is 3.83. The van der Waals surface area contributed by atoms with E-state index >= 15 is 0 Å². The second-order valence-corrected chi connectivity index (χ2v) is 4.24. The first-order valence-electron chi connectivity index (χ1n) is 6.01. The maximum absolute atomic E-state index is 11.6. The number of aromatic nitrogens is 2. The van der Waals surface area contributed by atoms with Crippen molar-refractivity contribution in [3.8, 4) is 0 Å². The quantitative estimate of drug-likeness (QED) is 0.742. The molecule has 0 spiro atoms. The Kier molecular flexibility index (Phi) is 5.03. The van der Waals surface area contributed by atoms with E-state index < -0.39 is 11.3 Å². The first kappa shape index (κ1) is 14.4. The molecule has 0 unspecified atom stereocenters. The average molecular weight is 253 g/mol. The number of rotatable bonds is 6. The molecule has 0 fully saturated rings. The summed E-state index contributed by atoms with van der Waals surface area (Å²) in [5, 5.41) is 12.6. The van der Waals surface area contributed by atoms with Gasteiger partial charge in [0.15, 0.2) is 0 Å². The molecule has 1 amide bonds. The largest absolute Gasteiger partial charge is 0.388 e. The van der Waals surface area contributed by atoms with Crippen molar-refractivity contribution in [1.82, 2.24) is 14.9 Å². The van der Waals surface area contributed by atoms with Gasteiger partial charge < -0.3 is 10.4 Å². The van der Waals surface area contributed by atoms with Gasteiger partial charge in [-0.3, -0.25) is 9.36 Å². The summed E-state index contributed by atoms with van der Waals surface area (Å²) in [4.78, 5) is 26.5. The molecule has 1 aromatic rings. The zero-order valence-corrected chi connectivity index (χ0v) is 10.7. The molecule has 0 aromatic carbocycles. The minimum absolute atomic E-state index is 0.0871. The molecule has 0 aliphatic heterocycles. The van der Waals surface area contributed by atoms with Gasteiger partial charge in [0.05, 0.1) is 5.60 Å². The SMILES string of the molecule is CCC(O)(CC)CNC(=O)Cn1cccnc1=O. The molecular formula is C12H19N3O3. The van der Waals surface area contributed by atoms with Crippen LogP contribution in [0.3, 0.4) is 0 Å². The summed E-state index contributed by atoms with van der Waals surface area (Å²) >= 11 is 0. The van der Waals surface area contributed by atoms with Crippen molar-refractivity contribution in [3.63, 3.8) is 0 Å². The van der Waals surface area contributed by atoms with Crippen molar-refractivity contribution in [2.24, 2.45) is 0 Å². The molecule has 18 heavy (non-hydrogen) atoms. The Morgan fingerprint density at radius 1 is 1.50 bits per heavy atom. The van der Waals surface area contributed by atoms with Gasteiger partial charge in [0, 0.05) is 18.9 Å². The fourth-order valence-corrected chi connectivity index (χ4v) is 1.48. The molecule has 6 nitrogen and oxygen atoms in total. The highest BCUT2D eigenvalue weighted by molar-refractivity contribution is 5.75. The van der Waals surface area contributed by atoms with Crippen molar-refractivity contribution < 1.29 is 9.90 Å². The van der Waals surface area contributed by atoms with Crippen molar-refractivity contribution in [1.29, 1.82) is 0 Å². The molecule has 0 aliphatic rings. The third-order valence-corrected chi connectivity index (χ3v) is 3.03. The highest BCUT2D eigenvalue weighted by atomic mass is 16.3. The first-order valence-corrected chi connectivity index (χ1v) is 6.01. The first-order chi connectivity index (χ1) is 8.50. The highest BCUT2D eigenvalue weighted by Crippen LogP contribution is 2.12. The predicted octanol–water partition coefficient (Wildman–Crippen LogP) is -0.0894. The molecular weight excluding hydrogens is 234 g/mol. The van der Waals surface area contributed by atoms with E-state index in [2.05, 4.69) is 10.3 Å². The van der Waals surface area contributed by atoms with Gasteiger partial charge in [-0.1, -0.05) is 13.8 Å². The molecule has 6 heteroatoms. The highest BCUT2D eigenvalue weighted by Gasteiger charge is 2.22. The average Bonchev–Trinajstić information content (AvgIpc) is 2.39. The Balaban J connectivity index is 2.53. The van der Waals surface area contributed by atoms with E-state index in [-0.39, 0.29) is 19.0 Å². The van der Waals surface area contributed by atoms with Crippen LogP contribution in [0.5, 0.6) is 0 Å². The van der Waals surface area contributed by atoms with E-state index in [1.54, 1.807) is 6.07 Å². The van der Waals surface area contributed by atoms with Crippen molar-refractivity contribution in [3.05, 3.63) is 28.9 Å². The smallest absolute Gasteiger partial charge is 0.347 e. The summed E-state index contributed by atoms with van der Waals surface area (Å²) in [7, 11) is 0. The van der Waals surface area contributed by atoms with Gasteiger partial charge >= 0.3 is 5.69 Å². The predicted molar refractivity (Wildman–Crippen MR) is 67.0 cm³/mol. The van der Waals surface area contributed by atoms with Gasteiger partial charge in [-0.2, -0.15) is 0 Å². The Morgan fingerprint density at radius 3 is 2.72 bits per heavy atom. The van der Waals surface area contributed by atoms with Crippen molar-refractivity contribution in [2.45, 2.75) is 38.8 Å². The van der Waals surface area contributed by atoms with Crippen LogP contribution in [-0.2, 0) is 11.3 Å². The Labute approximate surface area is 106 Å². The minimum atomic E-state index is -0.879. The number of aliphatic hydroxyl groups is 1. The third-order valence-electron chi connectivity index (χ3n) is 3.03. The third kappa shape index (κ3) is 3.96. The second kappa shape index (κ2) is 6.30. The lowest BCUT2D eigenvalue weighted by Gasteiger charge is -2.25. The van der Waals surface area contributed by atoms with Crippen LogP contribution < -0.4 is 11.0 Å². The Bertz CT molecular complexity index is 452. The van der Waals surface area contributed by atoms with Gasteiger partial charge in [-0.25, -0.2) is 9.78 Å². The van der Waals surface area contributed by atoms with Crippen LogP contribution in [0, 0.1) is 0 Å². The Hall–Kier alpha value is -1.69. The number of nitrogens with zero attached hydrogens (tertiary/aromatic N) is 2. The molecule has 1 aromatic heterocycles. The summed E-state index contributed by atoms with van der Waals surface area (Å²) in [5.41, 5.74) is -1.34. The monoisotopic (exact) mass is 253 g/mol. The number of carbonyl (C=O) groups is 1. The number of carbonyl (C=O) groups excluding carboxylic acids is 1. The van der Waals surface area contributed by atoms with Gasteiger partial charge in [-0.05, 0) is 18.9 Å². The lowest BCUT2D eigenvalue weighted by atomic mass is 9.98. The molecule has 0 saturated heterocycles. The normalized spacial score (nSPS) is 11.3. The fourth-order valence-electron chi connectivity index (χ4n) is 1.48.